The van der Waals surface area contributed by atoms with Gasteiger partial charge in [0.25, 0.3) is 5.56 Å². The minimum Gasteiger partial charge on any atom is -0.497 e. The van der Waals surface area contributed by atoms with E-state index in [1.165, 1.54) is 9.13 Å². The number of fused-ring (bicyclic) bond motifs is 1. The van der Waals surface area contributed by atoms with Crippen LogP contribution in [0.4, 0.5) is 0 Å². The van der Waals surface area contributed by atoms with Gasteiger partial charge in [-0.05, 0) is 37.6 Å². The van der Waals surface area contributed by atoms with Crippen LogP contribution in [0, 0.1) is 11.8 Å². The van der Waals surface area contributed by atoms with Crippen LogP contribution in [0.2, 0.25) is 0 Å². The molecule has 0 aliphatic carbocycles. The monoisotopic (exact) mass is 432 g/mol. The van der Waals surface area contributed by atoms with Crippen molar-refractivity contribution in [3.8, 4) is 29.0 Å². The summed E-state index contributed by atoms with van der Waals surface area (Å²) in [6.45, 7) is 4.97. The summed E-state index contributed by atoms with van der Waals surface area (Å²) >= 11 is 0. The van der Waals surface area contributed by atoms with Crippen LogP contribution in [0.15, 0.2) is 46.2 Å². The maximum absolute atomic E-state index is 12.8. The Kier molecular flexibility index (Phi) is 5.94. The SMILES string of the molecule is CCCn1c(=O)c2[nH]c(-c3cnn(CC#Cc4ccc(OC)cc4)c3)nc2n(CC)c1=O. The molecule has 9 nitrogen and oxygen atoms in total. The topological polar surface area (TPSA) is 99.7 Å². The zero-order valence-corrected chi connectivity index (χ0v) is 18.3. The molecule has 0 unspecified atom stereocenters. The summed E-state index contributed by atoms with van der Waals surface area (Å²) in [5.41, 5.74) is 1.58. The third-order valence-electron chi connectivity index (χ3n) is 5.10. The second-order valence-electron chi connectivity index (χ2n) is 7.22. The second-order valence-corrected chi connectivity index (χ2v) is 7.22. The molecule has 0 aliphatic rings. The number of ether oxygens (including phenoxy) is 1. The first-order valence-corrected chi connectivity index (χ1v) is 10.4. The summed E-state index contributed by atoms with van der Waals surface area (Å²) in [5.74, 6) is 7.45. The van der Waals surface area contributed by atoms with E-state index in [2.05, 4.69) is 26.9 Å². The van der Waals surface area contributed by atoms with E-state index in [1.807, 2.05) is 38.1 Å². The van der Waals surface area contributed by atoms with E-state index in [4.69, 9.17) is 4.74 Å². The average molecular weight is 432 g/mol. The van der Waals surface area contributed by atoms with Gasteiger partial charge in [-0.1, -0.05) is 18.8 Å². The van der Waals surface area contributed by atoms with Crippen LogP contribution in [-0.2, 0) is 19.6 Å². The fraction of sp³-hybridized carbons (Fsp3) is 0.304. The Morgan fingerprint density at radius 2 is 1.91 bits per heavy atom. The third-order valence-corrected chi connectivity index (χ3v) is 5.10. The van der Waals surface area contributed by atoms with Crippen molar-refractivity contribution in [2.45, 2.75) is 39.9 Å². The first-order chi connectivity index (χ1) is 15.5. The Bertz CT molecular complexity index is 1430. The molecule has 1 N–H and O–H groups in total. The molecule has 1 aromatic carbocycles. The molecule has 0 spiro atoms. The van der Waals surface area contributed by atoms with Crippen LogP contribution in [0.5, 0.6) is 5.75 Å². The molecule has 0 amide bonds. The lowest BCUT2D eigenvalue weighted by Crippen LogP contribution is -2.39. The normalized spacial score (nSPS) is 10.8. The molecule has 9 heteroatoms. The van der Waals surface area contributed by atoms with Crippen molar-refractivity contribution in [1.29, 1.82) is 0 Å². The van der Waals surface area contributed by atoms with Crippen LogP contribution in [-0.4, -0.2) is 36.0 Å². The summed E-state index contributed by atoms with van der Waals surface area (Å²) in [5, 5.41) is 4.33. The van der Waals surface area contributed by atoms with Crippen molar-refractivity contribution < 1.29 is 4.74 Å². The van der Waals surface area contributed by atoms with Gasteiger partial charge < -0.3 is 9.72 Å². The van der Waals surface area contributed by atoms with Gasteiger partial charge in [0, 0.05) is 24.8 Å². The minimum absolute atomic E-state index is 0.321. The molecule has 164 valence electrons. The van der Waals surface area contributed by atoms with E-state index in [-0.39, 0.29) is 11.2 Å². The molecule has 0 atom stereocenters. The summed E-state index contributed by atoms with van der Waals surface area (Å²) in [6, 6.07) is 7.52. The van der Waals surface area contributed by atoms with Gasteiger partial charge in [0.2, 0.25) is 0 Å². The molecular formula is C23H24N6O3. The molecule has 4 aromatic rings. The Labute approximate surface area is 184 Å². The molecule has 4 rings (SSSR count). The number of hydrogen-bond acceptors (Lipinski definition) is 5. The van der Waals surface area contributed by atoms with Crippen molar-refractivity contribution in [2.24, 2.45) is 0 Å². The fourth-order valence-corrected chi connectivity index (χ4v) is 3.48. The van der Waals surface area contributed by atoms with Crippen molar-refractivity contribution in [3.63, 3.8) is 0 Å². The van der Waals surface area contributed by atoms with E-state index >= 15 is 0 Å². The number of hydrogen-bond donors (Lipinski definition) is 1. The molecule has 32 heavy (non-hydrogen) atoms. The number of rotatable bonds is 6. The van der Waals surface area contributed by atoms with Crippen molar-refractivity contribution >= 4 is 11.2 Å². The summed E-state index contributed by atoms with van der Waals surface area (Å²) < 4.78 is 9.61. The third kappa shape index (κ3) is 3.95. The number of aromatic nitrogens is 6. The van der Waals surface area contributed by atoms with E-state index < -0.39 is 0 Å². The van der Waals surface area contributed by atoms with Gasteiger partial charge in [-0.25, -0.2) is 9.78 Å². The van der Waals surface area contributed by atoms with Crippen LogP contribution in [0.25, 0.3) is 22.6 Å². The molecule has 0 bridgehead atoms. The molecular weight excluding hydrogens is 408 g/mol. The van der Waals surface area contributed by atoms with Gasteiger partial charge >= 0.3 is 5.69 Å². The van der Waals surface area contributed by atoms with Crippen LogP contribution in [0.3, 0.4) is 0 Å². The highest BCUT2D eigenvalue weighted by molar-refractivity contribution is 5.75. The molecule has 3 heterocycles. The van der Waals surface area contributed by atoms with Crippen molar-refractivity contribution in [1.82, 2.24) is 28.9 Å². The summed E-state index contributed by atoms with van der Waals surface area (Å²) in [7, 11) is 1.63. The van der Waals surface area contributed by atoms with Gasteiger partial charge in [0.1, 0.15) is 23.6 Å². The van der Waals surface area contributed by atoms with E-state index in [1.54, 1.807) is 24.2 Å². The molecule has 0 fully saturated rings. The average Bonchev–Trinajstić information content (AvgIpc) is 3.45. The number of aryl methyl sites for hydroxylation is 1. The Morgan fingerprint density at radius 3 is 2.59 bits per heavy atom. The van der Waals surface area contributed by atoms with E-state index in [0.717, 1.165) is 11.3 Å². The van der Waals surface area contributed by atoms with Crippen molar-refractivity contribution in [2.75, 3.05) is 7.11 Å². The predicted molar refractivity (Wildman–Crippen MR) is 122 cm³/mol. The van der Waals surface area contributed by atoms with Gasteiger partial charge in [-0.2, -0.15) is 5.10 Å². The highest BCUT2D eigenvalue weighted by atomic mass is 16.5. The zero-order valence-electron chi connectivity index (χ0n) is 18.3. The van der Waals surface area contributed by atoms with Gasteiger partial charge in [-0.3, -0.25) is 18.6 Å². The number of benzene rings is 1. The molecule has 0 aliphatic heterocycles. The highest BCUT2D eigenvalue weighted by Crippen LogP contribution is 2.17. The largest absolute Gasteiger partial charge is 0.497 e. The lowest BCUT2D eigenvalue weighted by atomic mass is 10.2. The number of methoxy groups -OCH3 is 1. The smallest absolute Gasteiger partial charge is 0.332 e. The Hall–Kier alpha value is -4.06. The maximum atomic E-state index is 12.8. The first kappa shape index (κ1) is 21.2. The number of nitrogens with one attached hydrogen (secondary N) is 1. The predicted octanol–water partition coefficient (Wildman–Crippen LogP) is 2.24. The molecule has 0 radical (unpaired) electrons. The molecule has 0 saturated carbocycles. The second kappa shape index (κ2) is 8.98. The van der Waals surface area contributed by atoms with Crippen LogP contribution in [0.1, 0.15) is 25.8 Å². The molecule has 3 aromatic heterocycles. The maximum Gasteiger partial charge on any atom is 0.332 e. The lowest BCUT2D eigenvalue weighted by Gasteiger charge is -2.07. The summed E-state index contributed by atoms with van der Waals surface area (Å²) in [4.78, 5) is 33.1. The quantitative estimate of drug-likeness (QED) is 0.471. The van der Waals surface area contributed by atoms with Crippen LogP contribution < -0.4 is 16.0 Å². The van der Waals surface area contributed by atoms with Gasteiger partial charge in [-0.15, -0.1) is 0 Å². The number of H-pyrrole nitrogens is 1. The van der Waals surface area contributed by atoms with Gasteiger partial charge in [0.15, 0.2) is 5.65 Å². The van der Waals surface area contributed by atoms with E-state index in [0.29, 0.717) is 48.6 Å². The first-order valence-electron chi connectivity index (χ1n) is 10.4. The van der Waals surface area contributed by atoms with Gasteiger partial charge in [0.05, 0.1) is 18.9 Å². The Morgan fingerprint density at radius 1 is 1.12 bits per heavy atom. The van der Waals surface area contributed by atoms with E-state index in [9.17, 15) is 9.59 Å². The zero-order chi connectivity index (χ0) is 22.7. The number of nitrogens with zero attached hydrogens (tertiary/aromatic N) is 5. The number of imidazole rings is 1. The summed E-state index contributed by atoms with van der Waals surface area (Å²) in [6.07, 6.45) is 4.15. The minimum atomic E-state index is -0.354. The van der Waals surface area contributed by atoms with Crippen molar-refractivity contribution in [3.05, 3.63) is 63.1 Å². The lowest BCUT2D eigenvalue weighted by molar-refractivity contribution is 0.415. The van der Waals surface area contributed by atoms with Crippen LogP contribution >= 0.6 is 0 Å². The highest BCUT2D eigenvalue weighted by Gasteiger charge is 2.17. The Balaban J connectivity index is 1.62. The fourth-order valence-electron chi connectivity index (χ4n) is 3.48. The molecule has 0 saturated heterocycles. The standard InChI is InChI=1S/C23H24N6O3/c1-4-12-29-22(30)19-21(28(5-2)23(29)31)26-20(25-19)17-14-24-27(15-17)13-6-7-16-8-10-18(32-3)11-9-16/h8-11,14-15H,4-5,12-13H2,1-3H3,(H,25,26). The number of aromatic amines is 1.